The molecule has 0 aromatic carbocycles. The maximum atomic E-state index is 9.24. The molecular formula is C6H16N2NaO5. The number of aliphatic hydroxyl groups excluding tert-OH is 1. The van der Waals surface area contributed by atoms with Gasteiger partial charge in [-0.05, 0) is 6.92 Å². The molecule has 1 radical (unpaired) electrons. The van der Waals surface area contributed by atoms with Gasteiger partial charge in [-0.25, -0.2) is 0 Å². The summed E-state index contributed by atoms with van der Waals surface area (Å²) >= 11 is 0. The van der Waals surface area contributed by atoms with Gasteiger partial charge in [0, 0.05) is 36.2 Å². The Labute approximate surface area is 104 Å². The molecular weight excluding hydrogens is 203 g/mol. The Morgan fingerprint density at radius 3 is 1.14 bits per heavy atom. The Balaban J connectivity index is -0.0000000535. The molecule has 81 valence electrons. The van der Waals surface area contributed by atoms with Gasteiger partial charge in [-0.2, -0.15) is 0 Å². The van der Waals surface area contributed by atoms with E-state index in [-0.39, 0.29) is 49.3 Å². The summed E-state index contributed by atoms with van der Waals surface area (Å²) in [5.41, 5.74) is 9.14. The quantitative estimate of drug-likeness (QED) is 0.327. The number of hydrogen-bond acceptors (Lipinski definition) is 5. The van der Waals surface area contributed by atoms with E-state index in [1.54, 1.807) is 6.92 Å². The molecule has 0 saturated carbocycles. The molecule has 0 aromatic rings. The van der Waals surface area contributed by atoms with Crippen molar-refractivity contribution in [2.45, 2.75) is 6.92 Å². The molecule has 7 nitrogen and oxygen atoms in total. The van der Waals surface area contributed by atoms with Crippen molar-refractivity contribution in [3.63, 3.8) is 0 Å². The summed E-state index contributed by atoms with van der Waals surface area (Å²) < 4.78 is 0. The van der Waals surface area contributed by atoms with Gasteiger partial charge in [-0.15, -0.1) is 0 Å². The summed E-state index contributed by atoms with van der Waals surface area (Å²) in [5.74, 6) is -1.94. The topological polar surface area (TPSA) is 147 Å². The number of carboxylic acid groups (broad SMARTS) is 2. The number of aliphatic carboxylic acids is 2. The minimum atomic E-state index is -0.968. The Morgan fingerprint density at radius 1 is 1.07 bits per heavy atom. The van der Waals surface area contributed by atoms with Crippen molar-refractivity contribution in [3.8, 4) is 0 Å². The van der Waals surface area contributed by atoms with Crippen LogP contribution in [-0.2, 0) is 9.59 Å². The monoisotopic (exact) mass is 219 g/mol. The van der Waals surface area contributed by atoms with Crippen molar-refractivity contribution in [1.29, 1.82) is 0 Å². The molecule has 0 aliphatic heterocycles. The third-order valence-corrected chi connectivity index (χ3v) is 0.349. The number of aliphatic hydroxyl groups is 1. The van der Waals surface area contributed by atoms with Crippen LogP contribution in [0, 0.1) is 0 Å². The van der Waals surface area contributed by atoms with Gasteiger partial charge in [0.05, 0.1) is 13.1 Å². The molecule has 0 fully saturated rings. The van der Waals surface area contributed by atoms with E-state index in [9.17, 15) is 9.59 Å². The first-order valence-electron chi connectivity index (χ1n) is 3.40. The van der Waals surface area contributed by atoms with Crippen LogP contribution in [0.1, 0.15) is 6.92 Å². The van der Waals surface area contributed by atoms with E-state index in [2.05, 4.69) is 11.5 Å². The molecule has 0 aromatic heterocycles. The maximum absolute atomic E-state index is 9.24. The molecule has 14 heavy (non-hydrogen) atoms. The minimum absolute atomic E-state index is 0. The zero-order valence-electron chi connectivity index (χ0n) is 8.43. The fourth-order valence-corrected chi connectivity index (χ4v) is 0. The third-order valence-electron chi connectivity index (χ3n) is 0.349. The van der Waals surface area contributed by atoms with E-state index in [0.717, 1.165) is 0 Å². The molecule has 0 amide bonds. The Morgan fingerprint density at radius 2 is 1.14 bits per heavy atom. The molecule has 0 unspecified atom stereocenters. The van der Waals surface area contributed by atoms with Crippen LogP contribution in [0.3, 0.4) is 0 Å². The van der Waals surface area contributed by atoms with Gasteiger partial charge in [-0.1, -0.05) is 0 Å². The summed E-state index contributed by atoms with van der Waals surface area (Å²) in [7, 11) is 0. The van der Waals surface area contributed by atoms with Crippen LogP contribution in [0.15, 0.2) is 0 Å². The van der Waals surface area contributed by atoms with E-state index in [4.69, 9.17) is 15.3 Å². The number of rotatable bonds is 2. The number of nitrogens with two attached hydrogens (primary N) is 2. The number of carboxylic acids is 2. The van der Waals surface area contributed by atoms with Crippen LogP contribution in [0.4, 0.5) is 0 Å². The summed E-state index contributed by atoms with van der Waals surface area (Å²) in [6, 6.07) is 0. The van der Waals surface area contributed by atoms with Crippen LogP contribution < -0.4 is 11.5 Å². The fraction of sp³-hybridized carbons (Fsp3) is 0.667. The SMILES string of the molecule is CCO.NCC(=O)O.NCC(=O)O.[Na]. The number of carbonyl (C=O) groups is 2. The first-order valence-corrected chi connectivity index (χ1v) is 3.40. The second kappa shape index (κ2) is 23.0. The summed E-state index contributed by atoms with van der Waals surface area (Å²) in [6.45, 7) is 1.37. The Kier molecular flexibility index (Phi) is 38.7. The molecule has 0 rings (SSSR count). The molecule has 0 bridgehead atoms. The second-order valence-corrected chi connectivity index (χ2v) is 1.51. The van der Waals surface area contributed by atoms with Crippen LogP contribution in [0.2, 0.25) is 0 Å². The summed E-state index contributed by atoms with van der Waals surface area (Å²) in [4.78, 5) is 18.5. The maximum Gasteiger partial charge on any atom is 0.317 e. The zero-order valence-corrected chi connectivity index (χ0v) is 10.4. The molecule has 0 heterocycles. The predicted octanol–water partition coefficient (Wildman–Crippen LogP) is -2.32. The van der Waals surface area contributed by atoms with Gasteiger partial charge in [-0.3, -0.25) is 9.59 Å². The first-order chi connectivity index (χ1) is 5.95. The van der Waals surface area contributed by atoms with Crippen molar-refractivity contribution in [2.24, 2.45) is 11.5 Å². The molecule has 0 aliphatic carbocycles. The van der Waals surface area contributed by atoms with Gasteiger partial charge in [0.2, 0.25) is 0 Å². The molecule has 0 spiro atoms. The van der Waals surface area contributed by atoms with Crippen molar-refractivity contribution in [1.82, 2.24) is 0 Å². The van der Waals surface area contributed by atoms with Crippen molar-refractivity contribution in [2.75, 3.05) is 19.7 Å². The average Bonchev–Trinajstić information content (AvgIpc) is 2.07. The van der Waals surface area contributed by atoms with Gasteiger partial charge >= 0.3 is 11.9 Å². The first kappa shape index (κ1) is 23.6. The van der Waals surface area contributed by atoms with Crippen LogP contribution in [-0.4, -0.2) is 76.5 Å². The van der Waals surface area contributed by atoms with Crippen LogP contribution >= 0.6 is 0 Å². The van der Waals surface area contributed by atoms with E-state index < -0.39 is 11.9 Å². The molecule has 0 atom stereocenters. The summed E-state index contributed by atoms with van der Waals surface area (Å²) in [6.07, 6.45) is 0. The van der Waals surface area contributed by atoms with Gasteiger partial charge in [0.25, 0.3) is 0 Å². The zero-order chi connectivity index (χ0) is 11.3. The van der Waals surface area contributed by atoms with Gasteiger partial charge in [0.15, 0.2) is 0 Å². The van der Waals surface area contributed by atoms with Crippen molar-refractivity contribution in [3.05, 3.63) is 0 Å². The fourth-order valence-electron chi connectivity index (χ4n) is 0. The molecule has 0 aliphatic rings. The Bertz CT molecular complexity index is 119. The molecule has 7 N–H and O–H groups in total. The minimum Gasteiger partial charge on any atom is -0.480 e. The van der Waals surface area contributed by atoms with Crippen molar-refractivity contribution >= 4 is 41.5 Å². The van der Waals surface area contributed by atoms with E-state index in [1.165, 1.54) is 0 Å². The van der Waals surface area contributed by atoms with E-state index in [0.29, 0.717) is 0 Å². The third kappa shape index (κ3) is 94.8. The average molecular weight is 219 g/mol. The molecule has 0 saturated heterocycles. The van der Waals surface area contributed by atoms with Gasteiger partial charge < -0.3 is 26.8 Å². The second-order valence-electron chi connectivity index (χ2n) is 1.51. The van der Waals surface area contributed by atoms with Crippen molar-refractivity contribution < 1.29 is 24.9 Å². The van der Waals surface area contributed by atoms with E-state index >= 15 is 0 Å². The van der Waals surface area contributed by atoms with Crippen LogP contribution in [0.25, 0.3) is 0 Å². The number of hydrogen-bond donors (Lipinski definition) is 5. The van der Waals surface area contributed by atoms with E-state index in [1.807, 2.05) is 0 Å². The Hall–Kier alpha value is -0.180. The predicted molar refractivity (Wildman–Crippen MR) is 51.9 cm³/mol. The summed E-state index contributed by atoms with van der Waals surface area (Å²) in [5, 5.41) is 22.8. The largest absolute Gasteiger partial charge is 0.480 e. The normalized spacial score (nSPS) is 6.57. The standard InChI is InChI=1S/2C2H5NO2.C2H6O.Na/c2*3-1-2(4)5;1-2-3;/h2*1,3H2,(H,4,5);3H,2H2,1H3;. The smallest absolute Gasteiger partial charge is 0.317 e. The van der Waals surface area contributed by atoms with Crippen LogP contribution in [0.5, 0.6) is 0 Å². The molecule has 8 heteroatoms. The van der Waals surface area contributed by atoms with Gasteiger partial charge in [0.1, 0.15) is 0 Å².